The summed E-state index contributed by atoms with van der Waals surface area (Å²) < 4.78 is 42.9. The summed E-state index contributed by atoms with van der Waals surface area (Å²) in [7, 11) is 0. The van der Waals surface area contributed by atoms with Crippen LogP contribution in [0.4, 0.5) is 19.2 Å². The van der Waals surface area contributed by atoms with Crippen LogP contribution in [-0.4, -0.2) is 16.1 Å². The summed E-state index contributed by atoms with van der Waals surface area (Å²) in [4.78, 5) is 12.0. The van der Waals surface area contributed by atoms with Crippen LogP contribution in [-0.2, 0) is 6.18 Å². The van der Waals surface area contributed by atoms with Gasteiger partial charge in [-0.25, -0.2) is 0 Å². The Hall–Kier alpha value is -2.87. The number of nitrogens with zero attached hydrogens (tertiary/aromatic N) is 2. The molecule has 1 aromatic heterocycles. The molecule has 0 bridgehead atoms. The van der Waals surface area contributed by atoms with Crippen molar-refractivity contribution in [3.8, 4) is 11.5 Å². The molecule has 3 aromatic rings. The summed E-state index contributed by atoms with van der Waals surface area (Å²) in [5.41, 5.74) is -0.154. The van der Waals surface area contributed by atoms with Gasteiger partial charge in [-0.2, -0.15) is 13.2 Å². The fraction of sp³-hybridized carbons (Fsp3) is 0.0625. The molecule has 1 heterocycles. The second kappa shape index (κ2) is 6.56. The molecule has 0 saturated carbocycles. The van der Waals surface area contributed by atoms with Gasteiger partial charge in [-0.15, -0.1) is 5.10 Å². The maximum atomic E-state index is 12.5. The molecule has 5 nitrogen and oxygen atoms in total. The van der Waals surface area contributed by atoms with E-state index in [2.05, 4.69) is 15.5 Å². The van der Waals surface area contributed by atoms with Gasteiger partial charge in [-0.05, 0) is 48.5 Å². The number of carbonyl (C=O) groups excluding carboxylic acids is 1. The van der Waals surface area contributed by atoms with Crippen LogP contribution < -0.4 is 5.32 Å². The third-order valence-corrected chi connectivity index (χ3v) is 3.46. The lowest BCUT2D eigenvalue weighted by molar-refractivity contribution is -0.137. The molecule has 0 aliphatic heterocycles. The quantitative estimate of drug-likeness (QED) is 0.731. The highest BCUT2D eigenvalue weighted by molar-refractivity contribution is 6.30. The van der Waals surface area contributed by atoms with Gasteiger partial charge in [0, 0.05) is 16.1 Å². The van der Waals surface area contributed by atoms with E-state index in [1.807, 2.05) is 0 Å². The summed E-state index contributed by atoms with van der Waals surface area (Å²) in [6, 6.07) is 10.2. The van der Waals surface area contributed by atoms with E-state index in [9.17, 15) is 18.0 Å². The highest BCUT2D eigenvalue weighted by Crippen LogP contribution is 2.30. The van der Waals surface area contributed by atoms with Crippen molar-refractivity contribution in [2.24, 2.45) is 0 Å². The first kappa shape index (κ1) is 17.0. The monoisotopic (exact) mass is 367 g/mol. The summed E-state index contributed by atoms with van der Waals surface area (Å²) >= 11 is 5.74. The van der Waals surface area contributed by atoms with Gasteiger partial charge in [0.25, 0.3) is 5.91 Å². The predicted molar refractivity (Wildman–Crippen MR) is 84.1 cm³/mol. The minimum Gasteiger partial charge on any atom is -0.403 e. The van der Waals surface area contributed by atoms with E-state index in [1.54, 1.807) is 12.1 Å². The zero-order chi connectivity index (χ0) is 18.0. The molecule has 0 atom stereocenters. The molecule has 1 amide bonds. The Balaban J connectivity index is 1.74. The van der Waals surface area contributed by atoms with Gasteiger partial charge in [-0.1, -0.05) is 16.7 Å². The van der Waals surface area contributed by atoms with Crippen LogP contribution in [0, 0.1) is 0 Å². The summed E-state index contributed by atoms with van der Waals surface area (Å²) in [6.07, 6.45) is -4.43. The van der Waals surface area contributed by atoms with Crippen molar-refractivity contribution >= 4 is 23.5 Å². The summed E-state index contributed by atoms with van der Waals surface area (Å²) in [5, 5.41) is 10.2. The van der Waals surface area contributed by atoms with Crippen molar-refractivity contribution in [2.75, 3.05) is 5.32 Å². The second-order valence-corrected chi connectivity index (χ2v) is 5.38. The highest BCUT2D eigenvalue weighted by Gasteiger charge is 2.30. The summed E-state index contributed by atoms with van der Waals surface area (Å²) in [6.45, 7) is 0. The van der Waals surface area contributed by atoms with Gasteiger partial charge < -0.3 is 4.42 Å². The topological polar surface area (TPSA) is 68.0 Å². The van der Waals surface area contributed by atoms with Crippen molar-refractivity contribution in [2.45, 2.75) is 6.18 Å². The van der Waals surface area contributed by atoms with E-state index in [0.29, 0.717) is 16.1 Å². The van der Waals surface area contributed by atoms with E-state index in [0.717, 1.165) is 12.1 Å². The molecule has 9 heteroatoms. The van der Waals surface area contributed by atoms with Crippen LogP contribution in [0.3, 0.4) is 0 Å². The van der Waals surface area contributed by atoms with E-state index >= 15 is 0 Å². The fourth-order valence-corrected chi connectivity index (χ4v) is 2.09. The third-order valence-electron chi connectivity index (χ3n) is 3.21. The minimum atomic E-state index is -4.43. The van der Waals surface area contributed by atoms with E-state index in [1.165, 1.54) is 24.3 Å². The van der Waals surface area contributed by atoms with Crippen LogP contribution in [0.25, 0.3) is 11.5 Å². The van der Waals surface area contributed by atoms with Gasteiger partial charge in [-0.3, -0.25) is 10.1 Å². The SMILES string of the molecule is O=C(Nc1nnc(-c2ccc(C(F)(F)F)cc2)o1)c1ccc(Cl)cc1. The van der Waals surface area contributed by atoms with E-state index in [4.69, 9.17) is 16.0 Å². The molecular formula is C16H9ClF3N3O2. The first-order valence-corrected chi connectivity index (χ1v) is 7.29. The Bertz CT molecular complexity index is 890. The molecule has 2 aromatic carbocycles. The van der Waals surface area contributed by atoms with E-state index in [-0.39, 0.29) is 11.9 Å². The van der Waals surface area contributed by atoms with Crippen molar-refractivity contribution in [3.63, 3.8) is 0 Å². The van der Waals surface area contributed by atoms with Gasteiger partial charge >= 0.3 is 12.2 Å². The molecule has 3 rings (SSSR count). The number of amides is 1. The summed E-state index contributed by atoms with van der Waals surface area (Å²) in [5.74, 6) is -0.501. The molecule has 0 aliphatic rings. The molecular weight excluding hydrogens is 359 g/mol. The van der Waals surface area contributed by atoms with Crippen LogP contribution in [0.15, 0.2) is 52.9 Å². The number of aromatic nitrogens is 2. The molecule has 0 unspecified atom stereocenters. The number of hydrogen-bond acceptors (Lipinski definition) is 4. The predicted octanol–water partition coefficient (Wildman–Crippen LogP) is 4.66. The number of anilines is 1. The molecule has 0 saturated heterocycles. The van der Waals surface area contributed by atoms with E-state index < -0.39 is 17.6 Å². The number of halogens is 4. The third kappa shape index (κ3) is 3.97. The zero-order valence-corrected chi connectivity index (χ0v) is 13.1. The number of benzene rings is 2. The van der Waals surface area contributed by atoms with Gasteiger partial charge in [0.1, 0.15) is 0 Å². The lowest BCUT2D eigenvalue weighted by atomic mass is 10.1. The van der Waals surface area contributed by atoms with Crippen molar-refractivity contribution in [1.29, 1.82) is 0 Å². The van der Waals surface area contributed by atoms with Crippen LogP contribution >= 0.6 is 11.6 Å². The lowest BCUT2D eigenvalue weighted by Crippen LogP contribution is -2.11. The Morgan fingerprint density at radius 2 is 1.64 bits per heavy atom. The highest BCUT2D eigenvalue weighted by atomic mass is 35.5. The first-order chi connectivity index (χ1) is 11.8. The maximum Gasteiger partial charge on any atom is 0.416 e. The number of alkyl halides is 3. The average molecular weight is 368 g/mol. The second-order valence-electron chi connectivity index (χ2n) is 4.95. The number of carbonyl (C=O) groups is 1. The van der Waals surface area contributed by atoms with Gasteiger partial charge in [0.15, 0.2) is 0 Å². The molecule has 1 N–H and O–H groups in total. The Kier molecular flexibility index (Phi) is 4.45. The van der Waals surface area contributed by atoms with Crippen LogP contribution in [0.2, 0.25) is 5.02 Å². The molecule has 25 heavy (non-hydrogen) atoms. The number of rotatable bonds is 3. The van der Waals surface area contributed by atoms with Crippen molar-refractivity contribution in [1.82, 2.24) is 10.2 Å². The molecule has 0 radical (unpaired) electrons. The number of hydrogen-bond donors (Lipinski definition) is 1. The average Bonchev–Trinajstić information content (AvgIpc) is 3.03. The molecule has 0 aliphatic carbocycles. The lowest BCUT2D eigenvalue weighted by Gasteiger charge is -2.05. The largest absolute Gasteiger partial charge is 0.416 e. The zero-order valence-electron chi connectivity index (χ0n) is 12.3. The standard InChI is InChI=1S/C16H9ClF3N3O2/c17-12-7-3-9(4-8-12)13(24)21-15-23-22-14(25-15)10-1-5-11(6-2-10)16(18,19)20/h1-8H,(H,21,23,24). The van der Waals surface area contributed by atoms with Crippen LogP contribution in [0.1, 0.15) is 15.9 Å². The van der Waals surface area contributed by atoms with Crippen molar-refractivity contribution in [3.05, 3.63) is 64.7 Å². The van der Waals surface area contributed by atoms with Crippen LogP contribution in [0.5, 0.6) is 0 Å². The van der Waals surface area contributed by atoms with Gasteiger partial charge in [0.05, 0.1) is 5.56 Å². The van der Waals surface area contributed by atoms with Gasteiger partial charge in [0.2, 0.25) is 5.89 Å². The Morgan fingerprint density at radius 3 is 2.24 bits per heavy atom. The Morgan fingerprint density at radius 1 is 1.00 bits per heavy atom. The number of nitrogens with one attached hydrogen (secondary N) is 1. The fourth-order valence-electron chi connectivity index (χ4n) is 1.96. The first-order valence-electron chi connectivity index (χ1n) is 6.91. The smallest absolute Gasteiger partial charge is 0.403 e. The molecule has 0 spiro atoms. The minimum absolute atomic E-state index is 0.0138. The molecule has 0 fully saturated rings. The Labute approximate surface area is 144 Å². The van der Waals surface area contributed by atoms with Crippen molar-refractivity contribution < 1.29 is 22.4 Å². The molecule has 128 valence electrons. The maximum absolute atomic E-state index is 12.5. The normalized spacial score (nSPS) is 11.4.